The number of hydrogen-bond donors (Lipinski definition) is 1. The number of fused-ring (bicyclic) bond motifs is 1. The van der Waals surface area contributed by atoms with Crippen LogP contribution in [0.4, 0.5) is 5.69 Å². The van der Waals surface area contributed by atoms with Crippen molar-refractivity contribution >= 4 is 23.2 Å². The summed E-state index contributed by atoms with van der Waals surface area (Å²) >= 11 is 5.92. The number of rotatable bonds is 3. The lowest BCUT2D eigenvalue weighted by atomic mass is 9.95. The quantitative estimate of drug-likeness (QED) is 0.756. The molecule has 27 heavy (non-hydrogen) atoms. The summed E-state index contributed by atoms with van der Waals surface area (Å²) in [5.41, 5.74) is 2.37. The predicted octanol–water partition coefficient (Wildman–Crippen LogP) is 3.10. The molecule has 4 rings (SSSR count). The molecule has 6 nitrogen and oxygen atoms in total. The summed E-state index contributed by atoms with van der Waals surface area (Å²) in [4.78, 5) is 28.9. The molecule has 0 saturated carbocycles. The third kappa shape index (κ3) is 3.40. The molecule has 1 atom stereocenters. The minimum absolute atomic E-state index is 0.0709. The Morgan fingerprint density at radius 1 is 1.30 bits per heavy atom. The maximum Gasteiger partial charge on any atom is 0.269 e. The van der Waals surface area contributed by atoms with Crippen LogP contribution < -0.4 is 10.9 Å². The van der Waals surface area contributed by atoms with Crippen molar-refractivity contribution in [3.05, 3.63) is 69.9 Å². The van der Waals surface area contributed by atoms with E-state index in [1.54, 1.807) is 13.2 Å². The molecule has 0 radical (unpaired) electrons. The van der Waals surface area contributed by atoms with Crippen LogP contribution in [0.25, 0.3) is 11.4 Å². The molecule has 3 aromatic rings. The Bertz CT molecular complexity index is 1030. The molecule has 0 spiro atoms. The zero-order valence-electron chi connectivity index (χ0n) is 14.9. The summed E-state index contributed by atoms with van der Waals surface area (Å²) in [7, 11) is 1.61. The largest absolute Gasteiger partial charge is 0.328 e. The molecule has 2 aromatic heterocycles. The standard InChI is InChI=1S/C20H19ClN4O2/c1-24-12-15(10-17(21)20(24)27)23-19(26)14-7-8-25-16(9-14)11-22-18(25)13-5-3-2-4-6-13/h2-6,10-12,14H,7-9H2,1H3,(H,23,26)/t14-/m1/s1. The number of aryl methyl sites for hydroxylation is 1. The van der Waals surface area contributed by atoms with E-state index in [9.17, 15) is 9.59 Å². The zero-order valence-corrected chi connectivity index (χ0v) is 15.6. The third-order valence-corrected chi connectivity index (χ3v) is 5.18. The average molecular weight is 383 g/mol. The fourth-order valence-electron chi connectivity index (χ4n) is 3.49. The lowest BCUT2D eigenvalue weighted by Gasteiger charge is -2.24. The molecule has 0 unspecified atom stereocenters. The van der Waals surface area contributed by atoms with Crippen molar-refractivity contribution in [1.29, 1.82) is 0 Å². The van der Waals surface area contributed by atoms with Gasteiger partial charge in [0.2, 0.25) is 5.91 Å². The molecule has 138 valence electrons. The number of nitrogens with zero attached hydrogens (tertiary/aromatic N) is 3. The number of nitrogens with one attached hydrogen (secondary N) is 1. The monoisotopic (exact) mass is 382 g/mol. The van der Waals surface area contributed by atoms with Gasteiger partial charge in [-0.3, -0.25) is 9.59 Å². The van der Waals surface area contributed by atoms with Crippen molar-refractivity contribution in [2.75, 3.05) is 5.32 Å². The number of benzene rings is 1. The first-order chi connectivity index (χ1) is 13.0. The Kier molecular flexibility index (Phi) is 4.58. The van der Waals surface area contributed by atoms with Gasteiger partial charge in [0.25, 0.3) is 5.56 Å². The minimum Gasteiger partial charge on any atom is -0.328 e. The van der Waals surface area contributed by atoms with Crippen LogP contribution >= 0.6 is 11.6 Å². The van der Waals surface area contributed by atoms with E-state index >= 15 is 0 Å². The molecule has 7 heteroatoms. The summed E-state index contributed by atoms with van der Waals surface area (Å²) in [6, 6.07) is 11.5. The van der Waals surface area contributed by atoms with Crippen molar-refractivity contribution in [2.45, 2.75) is 19.4 Å². The Morgan fingerprint density at radius 3 is 2.81 bits per heavy atom. The molecule has 1 N–H and O–H groups in total. The van der Waals surface area contributed by atoms with Gasteiger partial charge < -0.3 is 14.5 Å². The van der Waals surface area contributed by atoms with Crippen molar-refractivity contribution in [3.63, 3.8) is 0 Å². The smallest absolute Gasteiger partial charge is 0.269 e. The van der Waals surface area contributed by atoms with Crippen LogP contribution in [0, 0.1) is 5.92 Å². The van der Waals surface area contributed by atoms with E-state index in [0.717, 1.165) is 30.0 Å². The molecule has 0 fully saturated rings. The fourth-order valence-corrected chi connectivity index (χ4v) is 3.74. The van der Waals surface area contributed by atoms with E-state index in [-0.39, 0.29) is 22.4 Å². The van der Waals surface area contributed by atoms with E-state index < -0.39 is 0 Å². The van der Waals surface area contributed by atoms with Crippen molar-refractivity contribution in [2.24, 2.45) is 13.0 Å². The van der Waals surface area contributed by atoms with E-state index in [0.29, 0.717) is 12.1 Å². The molecule has 1 aromatic carbocycles. The second-order valence-electron chi connectivity index (χ2n) is 6.76. The minimum atomic E-state index is -0.287. The SMILES string of the molecule is Cn1cc(NC(=O)[C@@H]2CCn3c(cnc3-c3ccccc3)C2)cc(Cl)c1=O. The first-order valence-corrected chi connectivity index (χ1v) is 9.17. The van der Waals surface area contributed by atoms with Gasteiger partial charge in [-0.1, -0.05) is 41.9 Å². The van der Waals surface area contributed by atoms with Gasteiger partial charge in [0.05, 0.1) is 5.69 Å². The number of hydrogen-bond acceptors (Lipinski definition) is 3. The molecule has 1 aliphatic rings. The molecule has 0 bridgehead atoms. The van der Waals surface area contributed by atoms with Gasteiger partial charge in [0.15, 0.2) is 0 Å². The number of halogens is 1. The van der Waals surface area contributed by atoms with Gasteiger partial charge >= 0.3 is 0 Å². The second-order valence-corrected chi connectivity index (χ2v) is 7.17. The summed E-state index contributed by atoms with van der Waals surface area (Å²) in [5.74, 6) is 0.724. The normalized spacial score (nSPS) is 16.0. The zero-order chi connectivity index (χ0) is 19.0. The van der Waals surface area contributed by atoms with Gasteiger partial charge in [0, 0.05) is 49.6 Å². The number of carbonyl (C=O) groups is 1. The molecule has 3 heterocycles. The molecular formula is C20H19ClN4O2. The van der Waals surface area contributed by atoms with Gasteiger partial charge in [-0.25, -0.2) is 4.98 Å². The Balaban J connectivity index is 1.51. The van der Waals surface area contributed by atoms with Gasteiger partial charge in [-0.15, -0.1) is 0 Å². The van der Waals surface area contributed by atoms with Gasteiger partial charge in [-0.05, 0) is 12.5 Å². The fraction of sp³-hybridized carbons (Fsp3) is 0.250. The van der Waals surface area contributed by atoms with Crippen LogP contribution in [0.5, 0.6) is 0 Å². The summed E-state index contributed by atoms with van der Waals surface area (Å²) < 4.78 is 3.54. The van der Waals surface area contributed by atoms with Crippen molar-refractivity contribution in [3.8, 4) is 11.4 Å². The summed E-state index contributed by atoms with van der Waals surface area (Å²) in [6.07, 6.45) is 4.79. The van der Waals surface area contributed by atoms with Crippen LogP contribution in [0.2, 0.25) is 5.02 Å². The molecule has 0 aliphatic carbocycles. The van der Waals surface area contributed by atoms with E-state index in [1.807, 2.05) is 36.5 Å². The predicted molar refractivity (Wildman–Crippen MR) is 105 cm³/mol. The van der Waals surface area contributed by atoms with E-state index in [4.69, 9.17) is 11.6 Å². The Morgan fingerprint density at radius 2 is 2.07 bits per heavy atom. The second kappa shape index (κ2) is 7.04. The number of imidazole rings is 1. The lowest BCUT2D eigenvalue weighted by Crippen LogP contribution is -2.30. The highest BCUT2D eigenvalue weighted by molar-refractivity contribution is 6.30. The highest BCUT2D eigenvalue weighted by atomic mass is 35.5. The molecule has 1 amide bonds. The van der Waals surface area contributed by atoms with E-state index in [1.165, 1.54) is 10.6 Å². The third-order valence-electron chi connectivity index (χ3n) is 4.90. The van der Waals surface area contributed by atoms with Gasteiger partial charge in [-0.2, -0.15) is 0 Å². The van der Waals surface area contributed by atoms with Crippen LogP contribution in [0.15, 0.2) is 53.6 Å². The maximum absolute atomic E-state index is 12.7. The maximum atomic E-state index is 12.7. The summed E-state index contributed by atoms with van der Waals surface area (Å²) in [6.45, 7) is 0.742. The van der Waals surface area contributed by atoms with Crippen molar-refractivity contribution < 1.29 is 4.79 Å². The number of amides is 1. The van der Waals surface area contributed by atoms with Crippen LogP contribution in [-0.4, -0.2) is 20.0 Å². The van der Waals surface area contributed by atoms with Crippen LogP contribution in [0.1, 0.15) is 12.1 Å². The average Bonchev–Trinajstić information content (AvgIpc) is 3.10. The van der Waals surface area contributed by atoms with E-state index in [2.05, 4.69) is 14.9 Å². The number of pyridine rings is 1. The highest BCUT2D eigenvalue weighted by Crippen LogP contribution is 2.28. The first-order valence-electron chi connectivity index (χ1n) is 8.80. The number of aromatic nitrogens is 3. The summed E-state index contributed by atoms with van der Waals surface area (Å²) in [5, 5.41) is 2.96. The molecule has 0 saturated heterocycles. The lowest BCUT2D eigenvalue weighted by molar-refractivity contribution is -0.120. The number of carbonyl (C=O) groups excluding carboxylic acids is 1. The molecule has 1 aliphatic heterocycles. The van der Waals surface area contributed by atoms with Crippen molar-refractivity contribution in [1.82, 2.24) is 14.1 Å². The van der Waals surface area contributed by atoms with Crippen LogP contribution in [-0.2, 0) is 24.8 Å². The van der Waals surface area contributed by atoms with Gasteiger partial charge in [0.1, 0.15) is 10.8 Å². The topological polar surface area (TPSA) is 68.9 Å². The highest BCUT2D eigenvalue weighted by Gasteiger charge is 2.27. The number of anilines is 1. The molecular weight excluding hydrogens is 364 g/mol. The van der Waals surface area contributed by atoms with Crippen LogP contribution in [0.3, 0.4) is 0 Å². The Hall–Kier alpha value is -2.86. The Labute approximate surface area is 161 Å². The first kappa shape index (κ1) is 17.5.